The summed E-state index contributed by atoms with van der Waals surface area (Å²) in [6.45, 7) is 2.08. The van der Waals surface area contributed by atoms with Gasteiger partial charge in [0.15, 0.2) is 0 Å². The summed E-state index contributed by atoms with van der Waals surface area (Å²) in [5, 5.41) is 12.8. The highest BCUT2D eigenvalue weighted by Crippen LogP contribution is 2.21. The van der Waals surface area contributed by atoms with Gasteiger partial charge in [-0.15, -0.1) is 0 Å². The van der Waals surface area contributed by atoms with Crippen LogP contribution in [0.3, 0.4) is 0 Å². The Morgan fingerprint density at radius 3 is 2.31 bits per heavy atom. The summed E-state index contributed by atoms with van der Waals surface area (Å²) < 4.78 is 27.5. The molecule has 3 rings (SSSR count). The largest absolute Gasteiger partial charge is 0.507 e. The van der Waals surface area contributed by atoms with Gasteiger partial charge in [0.1, 0.15) is 5.75 Å². The Kier molecular flexibility index (Phi) is 6.10. The standard InChI is InChI=1S/C21H19ClN2O4S/c1-14-2-7-17(8-3-14)24-29(27,28)18-9-4-15(5-10-18)13-23-21(26)19-12-16(22)6-11-20(19)25/h2-12,24-25H,13H2,1H3,(H,23,26). The first kappa shape index (κ1) is 20.7. The molecule has 1 amide bonds. The van der Waals surface area contributed by atoms with Gasteiger partial charge in [-0.05, 0) is 55.0 Å². The molecule has 0 atom stereocenters. The summed E-state index contributed by atoms with van der Waals surface area (Å²) in [6.07, 6.45) is 0. The number of aryl methyl sites for hydroxylation is 1. The number of phenols is 1. The maximum atomic E-state index is 12.5. The molecule has 3 N–H and O–H groups in total. The van der Waals surface area contributed by atoms with Crippen molar-refractivity contribution in [2.75, 3.05) is 4.72 Å². The summed E-state index contributed by atoms with van der Waals surface area (Å²) >= 11 is 5.85. The maximum absolute atomic E-state index is 12.5. The minimum absolute atomic E-state index is 0.0685. The fourth-order valence-electron chi connectivity index (χ4n) is 2.59. The zero-order valence-electron chi connectivity index (χ0n) is 15.5. The van der Waals surface area contributed by atoms with Crippen molar-refractivity contribution in [2.45, 2.75) is 18.4 Å². The highest BCUT2D eigenvalue weighted by Gasteiger charge is 2.15. The Hall–Kier alpha value is -3.03. The minimum Gasteiger partial charge on any atom is -0.507 e. The number of nitrogens with one attached hydrogen (secondary N) is 2. The van der Waals surface area contributed by atoms with Gasteiger partial charge in [-0.25, -0.2) is 8.42 Å². The van der Waals surface area contributed by atoms with Crippen molar-refractivity contribution in [3.63, 3.8) is 0 Å². The van der Waals surface area contributed by atoms with Crippen molar-refractivity contribution in [2.24, 2.45) is 0 Å². The molecule has 0 saturated carbocycles. The van der Waals surface area contributed by atoms with Crippen molar-refractivity contribution >= 4 is 33.2 Å². The topological polar surface area (TPSA) is 95.5 Å². The predicted octanol–water partition coefficient (Wildman–Crippen LogP) is 4.08. The van der Waals surface area contributed by atoms with Crippen LogP contribution in [0.4, 0.5) is 5.69 Å². The third kappa shape index (κ3) is 5.28. The fraction of sp³-hybridized carbons (Fsp3) is 0.0952. The number of hydrogen-bond donors (Lipinski definition) is 3. The molecule has 0 radical (unpaired) electrons. The average molecular weight is 431 g/mol. The third-order valence-electron chi connectivity index (χ3n) is 4.19. The highest BCUT2D eigenvalue weighted by molar-refractivity contribution is 7.92. The van der Waals surface area contributed by atoms with Crippen LogP contribution >= 0.6 is 11.6 Å². The number of amides is 1. The number of rotatable bonds is 6. The van der Waals surface area contributed by atoms with Crippen LogP contribution in [0.25, 0.3) is 0 Å². The van der Waals surface area contributed by atoms with Gasteiger partial charge in [-0.2, -0.15) is 0 Å². The van der Waals surface area contributed by atoms with Gasteiger partial charge in [0, 0.05) is 17.3 Å². The van der Waals surface area contributed by atoms with Crippen LogP contribution < -0.4 is 10.0 Å². The van der Waals surface area contributed by atoms with E-state index in [1.165, 1.54) is 30.3 Å². The predicted molar refractivity (Wildman–Crippen MR) is 113 cm³/mol. The van der Waals surface area contributed by atoms with E-state index in [9.17, 15) is 18.3 Å². The summed E-state index contributed by atoms with van der Waals surface area (Å²) in [5.74, 6) is -0.654. The van der Waals surface area contributed by atoms with E-state index in [0.717, 1.165) is 5.56 Å². The zero-order valence-corrected chi connectivity index (χ0v) is 17.1. The van der Waals surface area contributed by atoms with Gasteiger partial charge in [0.2, 0.25) is 0 Å². The number of sulfonamides is 1. The first-order valence-electron chi connectivity index (χ1n) is 8.70. The van der Waals surface area contributed by atoms with Crippen molar-refractivity contribution in [1.82, 2.24) is 5.32 Å². The summed E-state index contributed by atoms with van der Waals surface area (Å²) in [5.41, 5.74) is 2.28. The second kappa shape index (κ2) is 8.55. The summed E-state index contributed by atoms with van der Waals surface area (Å²) in [7, 11) is -3.71. The molecule has 0 aliphatic rings. The number of halogens is 1. The molecule has 150 valence electrons. The molecule has 0 aliphatic carbocycles. The van der Waals surface area contributed by atoms with Gasteiger partial charge in [0.25, 0.3) is 15.9 Å². The number of phenolic OH excluding ortho intramolecular Hbond substituents is 1. The first-order valence-corrected chi connectivity index (χ1v) is 10.6. The van der Waals surface area contributed by atoms with E-state index in [2.05, 4.69) is 10.0 Å². The van der Waals surface area contributed by atoms with Crippen LogP contribution in [0.5, 0.6) is 5.75 Å². The van der Waals surface area contributed by atoms with Gasteiger partial charge in [0.05, 0.1) is 10.5 Å². The SMILES string of the molecule is Cc1ccc(NS(=O)(=O)c2ccc(CNC(=O)c3cc(Cl)ccc3O)cc2)cc1. The smallest absolute Gasteiger partial charge is 0.261 e. The van der Waals surface area contributed by atoms with Crippen LogP contribution in [0.15, 0.2) is 71.6 Å². The van der Waals surface area contributed by atoms with Crippen molar-refractivity contribution < 1.29 is 18.3 Å². The van der Waals surface area contributed by atoms with Crippen molar-refractivity contribution in [3.8, 4) is 5.75 Å². The van der Waals surface area contributed by atoms with Gasteiger partial charge < -0.3 is 10.4 Å². The number of hydrogen-bond acceptors (Lipinski definition) is 4. The summed E-state index contributed by atoms with van der Waals surface area (Å²) in [6, 6.07) is 17.4. The molecule has 0 unspecified atom stereocenters. The third-order valence-corrected chi connectivity index (χ3v) is 5.83. The molecule has 3 aromatic rings. The molecule has 0 fully saturated rings. The van der Waals surface area contributed by atoms with Crippen LogP contribution in [-0.2, 0) is 16.6 Å². The molecule has 0 bridgehead atoms. The Labute approximate surface area is 174 Å². The van der Waals surface area contributed by atoms with Crippen LogP contribution in [-0.4, -0.2) is 19.4 Å². The molecule has 29 heavy (non-hydrogen) atoms. The van der Waals surface area contributed by atoms with Gasteiger partial charge in [-0.3, -0.25) is 9.52 Å². The Morgan fingerprint density at radius 2 is 1.66 bits per heavy atom. The van der Waals surface area contributed by atoms with Crippen molar-refractivity contribution in [1.29, 1.82) is 0 Å². The quantitative estimate of drug-likeness (QED) is 0.549. The van der Waals surface area contributed by atoms with E-state index in [1.54, 1.807) is 24.3 Å². The molecular weight excluding hydrogens is 412 g/mol. The van der Waals surface area contributed by atoms with Crippen LogP contribution in [0, 0.1) is 6.92 Å². The summed E-state index contributed by atoms with van der Waals surface area (Å²) in [4.78, 5) is 12.3. The lowest BCUT2D eigenvalue weighted by molar-refractivity contribution is 0.0948. The molecule has 6 nitrogen and oxygen atoms in total. The molecular formula is C21H19ClN2O4S. The minimum atomic E-state index is -3.71. The molecule has 8 heteroatoms. The zero-order chi connectivity index (χ0) is 21.0. The molecule has 3 aromatic carbocycles. The molecule has 0 aliphatic heterocycles. The molecule has 0 spiro atoms. The van der Waals surface area contributed by atoms with E-state index in [4.69, 9.17) is 11.6 Å². The number of benzene rings is 3. The van der Waals surface area contributed by atoms with E-state index in [1.807, 2.05) is 19.1 Å². The Morgan fingerprint density at radius 1 is 1.00 bits per heavy atom. The Bertz CT molecular complexity index is 1130. The number of aromatic hydroxyl groups is 1. The molecule has 0 aromatic heterocycles. The number of carbonyl (C=O) groups excluding carboxylic acids is 1. The van der Waals surface area contributed by atoms with Gasteiger partial charge in [-0.1, -0.05) is 41.4 Å². The van der Waals surface area contributed by atoms with Crippen LogP contribution in [0.1, 0.15) is 21.5 Å². The fourth-order valence-corrected chi connectivity index (χ4v) is 3.82. The lowest BCUT2D eigenvalue weighted by Gasteiger charge is -2.10. The Balaban J connectivity index is 1.66. The van der Waals surface area contributed by atoms with E-state index < -0.39 is 15.9 Å². The van der Waals surface area contributed by atoms with Crippen LogP contribution in [0.2, 0.25) is 5.02 Å². The number of carbonyl (C=O) groups is 1. The maximum Gasteiger partial charge on any atom is 0.261 e. The second-order valence-electron chi connectivity index (χ2n) is 6.46. The molecule has 0 saturated heterocycles. The number of anilines is 1. The van der Waals surface area contributed by atoms with Gasteiger partial charge >= 0.3 is 0 Å². The average Bonchev–Trinajstić information content (AvgIpc) is 2.70. The van der Waals surface area contributed by atoms with E-state index in [-0.39, 0.29) is 22.8 Å². The van der Waals surface area contributed by atoms with E-state index in [0.29, 0.717) is 16.3 Å². The molecule has 0 heterocycles. The lowest BCUT2D eigenvalue weighted by atomic mass is 10.1. The normalized spacial score (nSPS) is 11.1. The van der Waals surface area contributed by atoms with E-state index >= 15 is 0 Å². The van der Waals surface area contributed by atoms with Crippen molar-refractivity contribution in [3.05, 3.63) is 88.4 Å². The highest BCUT2D eigenvalue weighted by atomic mass is 35.5. The lowest BCUT2D eigenvalue weighted by Crippen LogP contribution is -2.23. The monoisotopic (exact) mass is 430 g/mol. The first-order chi connectivity index (χ1) is 13.7. The second-order valence-corrected chi connectivity index (χ2v) is 8.58.